The summed E-state index contributed by atoms with van der Waals surface area (Å²) in [5.41, 5.74) is 1.21. The Balaban J connectivity index is 1.35. The summed E-state index contributed by atoms with van der Waals surface area (Å²) in [6.07, 6.45) is 9.74. The van der Waals surface area contributed by atoms with E-state index in [4.69, 9.17) is 4.74 Å². The van der Waals surface area contributed by atoms with Gasteiger partial charge in [0, 0.05) is 12.0 Å². The van der Waals surface area contributed by atoms with E-state index >= 15 is 0 Å². The van der Waals surface area contributed by atoms with Gasteiger partial charge in [-0.05, 0) is 92.9 Å². The molecule has 0 aliphatic heterocycles. The van der Waals surface area contributed by atoms with Crippen LogP contribution < -0.4 is 10.1 Å². The van der Waals surface area contributed by atoms with E-state index in [9.17, 15) is 14.3 Å². The second-order valence-electron chi connectivity index (χ2n) is 9.76. The number of halogens is 1. The van der Waals surface area contributed by atoms with Gasteiger partial charge in [-0.25, -0.2) is 4.39 Å². The van der Waals surface area contributed by atoms with Crippen LogP contribution in [0.5, 0.6) is 5.75 Å². The van der Waals surface area contributed by atoms with E-state index in [1.54, 1.807) is 0 Å². The molecule has 4 fully saturated rings. The highest BCUT2D eigenvalue weighted by Gasteiger charge is 2.53. The average molecular weight is 416 g/mol. The zero-order chi connectivity index (χ0) is 21.2. The van der Waals surface area contributed by atoms with Crippen molar-refractivity contribution in [3.63, 3.8) is 0 Å². The molecule has 4 saturated carbocycles. The summed E-state index contributed by atoms with van der Waals surface area (Å²) in [5.74, 6) is 0.907. The SMILES string of the molecule is CC/C(=C\F)COc1ccc(C23CCC(C(=O)NCC4(O)CCC4)(CC2)CC3)cc1. The van der Waals surface area contributed by atoms with Crippen LogP contribution in [0.2, 0.25) is 0 Å². The first-order valence-electron chi connectivity index (χ1n) is 11.4. The normalized spacial score (nSPS) is 29.9. The Morgan fingerprint density at radius 2 is 1.73 bits per heavy atom. The maximum atomic E-state index is 13.0. The molecule has 2 N–H and O–H groups in total. The molecule has 0 unspecified atom stereocenters. The monoisotopic (exact) mass is 415 g/mol. The molecule has 4 nitrogen and oxygen atoms in total. The Morgan fingerprint density at radius 1 is 1.10 bits per heavy atom. The van der Waals surface area contributed by atoms with E-state index in [2.05, 4.69) is 17.4 Å². The molecule has 0 atom stereocenters. The second-order valence-corrected chi connectivity index (χ2v) is 9.76. The maximum Gasteiger partial charge on any atom is 0.226 e. The first-order chi connectivity index (χ1) is 14.4. The van der Waals surface area contributed by atoms with Crippen LogP contribution in [0.15, 0.2) is 36.2 Å². The summed E-state index contributed by atoms with van der Waals surface area (Å²) in [6, 6.07) is 8.26. The van der Waals surface area contributed by atoms with Crippen molar-refractivity contribution in [3.8, 4) is 5.75 Å². The van der Waals surface area contributed by atoms with Crippen molar-refractivity contribution in [2.24, 2.45) is 5.41 Å². The number of benzene rings is 1. The number of aliphatic hydroxyl groups is 1. The van der Waals surface area contributed by atoms with Crippen molar-refractivity contribution >= 4 is 5.91 Å². The molecule has 0 aromatic heterocycles. The molecule has 0 spiro atoms. The van der Waals surface area contributed by atoms with Crippen LogP contribution >= 0.6 is 0 Å². The highest BCUT2D eigenvalue weighted by atomic mass is 19.1. The number of nitrogens with one attached hydrogen (secondary N) is 1. The van der Waals surface area contributed by atoms with Gasteiger partial charge in [-0.15, -0.1) is 0 Å². The van der Waals surface area contributed by atoms with E-state index in [0.717, 1.165) is 63.5 Å². The minimum atomic E-state index is -0.666. The molecule has 5 heteroatoms. The van der Waals surface area contributed by atoms with Crippen molar-refractivity contribution < 1.29 is 19.0 Å². The van der Waals surface area contributed by atoms with Crippen LogP contribution in [-0.4, -0.2) is 29.8 Å². The Hall–Kier alpha value is -1.88. The van der Waals surface area contributed by atoms with Gasteiger partial charge >= 0.3 is 0 Å². The summed E-state index contributed by atoms with van der Waals surface area (Å²) in [6.45, 7) is 2.60. The molecule has 0 radical (unpaired) electrons. The fourth-order valence-electron chi connectivity index (χ4n) is 5.44. The molecule has 2 bridgehead atoms. The molecule has 164 valence electrons. The van der Waals surface area contributed by atoms with Crippen molar-refractivity contribution in [1.29, 1.82) is 0 Å². The molecule has 1 aromatic rings. The van der Waals surface area contributed by atoms with Gasteiger partial charge in [0.05, 0.1) is 11.9 Å². The Labute approximate surface area is 178 Å². The number of fused-ring (bicyclic) bond motifs is 3. The summed E-state index contributed by atoms with van der Waals surface area (Å²) in [5, 5.41) is 13.4. The molecule has 4 aliphatic carbocycles. The van der Waals surface area contributed by atoms with Crippen LogP contribution in [0, 0.1) is 5.41 Å². The van der Waals surface area contributed by atoms with Crippen LogP contribution in [0.1, 0.15) is 76.7 Å². The van der Waals surface area contributed by atoms with Crippen LogP contribution in [0.25, 0.3) is 0 Å². The summed E-state index contributed by atoms with van der Waals surface area (Å²) in [4.78, 5) is 13.0. The molecule has 4 aliphatic rings. The lowest BCUT2D eigenvalue weighted by Gasteiger charge is -2.53. The fraction of sp³-hybridized carbons (Fsp3) is 0.640. The van der Waals surface area contributed by atoms with Gasteiger partial charge in [-0.1, -0.05) is 19.1 Å². The predicted octanol–water partition coefficient (Wildman–Crippen LogP) is 4.95. The number of rotatable bonds is 8. The Morgan fingerprint density at radius 3 is 2.23 bits per heavy atom. The lowest BCUT2D eigenvalue weighted by molar-refractivity contribution is -0.140. The van der Waals surface area contributed by atoms with E-state index < -0.39 is 5.60 Å². The number of amides is 1. The average Bonchev–Trinajstić information content (AvgIpc) is 2.78. The third-order valence-electron chi connectivity index (χ3n) is 8.09. The standard InChI is InChI=1S/C25H34FNO3/c1-2-19(16-26)17-30-21-6-4-20(5-7-21)23-10-13-24(14-11-23,15-12-23)22(28)27-18-25(29)8-3-9-25/h4-7,16,29H,2-3,8-15,17-18H2,1H3,(H,27,28)/b19-16+. The number of hydrogen-bond acceptors (Lipinski definition) is 3. The summed E-state index contributed by atoms with van der Waals surface area (Å²) >= 11 is 0. The van der Waals surface area contributed by atoms with Crippen LogP contribution in [0.4, 0.5) is 4.39 Å². The van der Waals surface area contributed by atoms with Gasteiger partial charge in [-0.2, -0.15) is 0 Å². The molecule has 0 heterocycles. The number of hydrogen-bond donors (Lipinski definition) is 2. The first kappa shape index (κ1) is 21.4. The Kier molecular flexibility index (Phi) is 5.93. The van der Waals surface area contributed by atoms with Crippen molar-refractivity contribution in [2.75, 3.05) is 13.2 Å². The first-order valence-corrected chi connectivity index (χ1v) is 11.4. The molecule has 5 rings (SSSR count). The quantitative estimate of drug-likeness (QED) is 0.631. The van der Waals surface area contributed by atoms with Gasteiger partial charge in [0.25, 0.3) is 0 Å². The molecular weight excluding hydrogens is 381 g/mol. The highest BCUT2D eigenvalue weighted by Crippen LogP contribution is 2.58. The van der Waals surface area contributed by atoms with Crippen LogP contribution in [0.3, 0.4) is 0 Å². The number of ether oxygens (including phenoxy) is 1. The van der Waals surface area contributed by atoms with Crippen molar-refractivity contribution in [1.82, 2.24) is 5.32 Å². The summed E-state index contributed by atoms with van der Waals surface area (Å²) in [7, 11) is 0. The van der Waals surface area contributed by atoms with E-state index in [0.29, 0.717) is 24.9 Å². The zero-order valence-corrected chi connectivity index (χ0v) is 18.0. The van der Waals surface area contributed by atoms with E-state index in [1.165, 1.54) is 5.56 Å². The minimum Gasteiger partial charge on any atom is -0.489 e. The molecular formula is C25H34FNO3. The number of carbonyl (C=O) groups excluding carboxylic acids is 1. The van der Waals surface area contributed by atoms with Gasteiger partial charge in [-0.3, -0.25) is 4.79 Å². The third-order valence-corrected chi connectivity index (χ3v) is 8.09. The van der Waals surface area contributed by atoms with Gasteiger partial charge < -0.3 is 15.2 Å². The van der Waals surface area contributed by atoms with Gasteiger partial charge in [0.2, 0.25) is 5.91 Å². The zero-order valence-electron chi connectivity index (χ0n) is 18.0. The lowest BCUT2D eigenvalue weighted by atomic mass is 9.51. The molecule has 30 heavy (non-hydrogen) atoms. The smallest absolute Gasteiger partial charge is 0.226 e. The number of carbonyl (C=O) groups is 1. The highest BCUT2D eigenvalue weighted by molar-refractivity contribution is 5.83. The molecule has 0 saturated heterocycles. The third kappa shape index (κ3) is 4.01. The summed E-state index contributed by atoms with van der Waals surface area (Å²) < 4.78 is 18.4. The fourth-order valence-corrected chi connectivity index (χ4v) is 5.44. The minimum absolute atomic E-state index is 0.146. The molecule has 1 amide bonds. The largest absolute Gasteiger partial charge is 0.489 e. The van der Waals surface area contributed by atoms with Crippen molar-refractivity contribution in [2.45, 2.75) is 82.1 Å². The maximum absolute atomic E-state index is 13.0. The Bertz CT molecular complexity index is 773. The predicted molar refractivity (Wildman–Crippen MR) is 115 cm³/mol. The van der Waals surface area contributed by atoms with E-state index in [1.807, 2.05) is 19.1 Å². The van der Waals surface area contributed by atoms with E-state index in [-0.39, 0.29) is 23.3 Å². The second kappa shape index (κ2) is 8.33. The van der Waals surface area contributed by atoms with Crippen LogP contribution in [-0.2, 0) is 10.2 Å². The molecule has 1 aromatic carbocycles. The van der Waals surface area contributed by atoms with Gasteiger partial charge in [0.15, 0.2) is 0 Å². The van der Waals surface area contributed by atoms with Crippen molar-refractivity contribution in [3.05, 3.63) is 41.7 Å². The topological polar surface area (TPSA) is 58.6 Å². The lowest BCUT2D eigenvalue weighted by Crippen LogP contribution is -2.55. The van der Waals surface area contributed by atoms with Gasteiger partial charge in [0.1, 0.15) is 12.4 Å².